The van der Waals surface area contributed by atoms with Gasteiger partial charge in [0.25, 0.3) is 5.91 Å². The van der Waals surface area contributed by atoms with Crippen molar-refractivity contribution < 1.29 is 13.2 Å². The molecular formula is C14H19ClN2O3S. The zero-order chi connectivity index (χ0) is 15.6. The van der Waals surface area contributed by atoms with Crippen molar-refractivity contribution in [2.45, 2.75) is 31.1 Å². The molecule has 0 bridgehead atoms. The smallest absolute Gasteiger partial charge is 0.251 e. The van der Waals surface area contributed by atoms with E-state index < -0.39 is 10.0 Å². The summed E-state index contributed by atoms with van der Waals surface area (Å²) in [6.07, 6.45) is 3.50. The van der Waals surface area contributed by atoms with Crippen molar-refractivity contribution >= 4 is 27.5 Å². The molecule has 1 saturated carbocycles. The van der Waals surface area contributed by atoms with Crippen molar-refractivity contribution in [3.63, 3.8) is 0 Å². The van der Waals surface area contributed by atoms with Crippen LogP contribution in [-0.4, -0.2) is 20.9 Å². The summed E-state index contributed by atoms with van der Waals surface area (Å²) in [7, 11) is -3.94. The lowest BCUT2D eigenvalue weighted by Crippen LogP contribution is -2.30. The highest BCUT2D eigenvalue weighted by atomic mass is 35.5. The van der Waals surface area contributed by atoms with Gasteiger partial charge in [-0.1, -0.05) is 31.4 Å². The summed E-state index contributed by atoms with van der Waals surface area (Å²) < 4.78 is 22.8. The summed E-state index contributed by atoms with van der Waals surface area (Å²) in [5.41, 5.74) is 0.245. The fraction of sp³-hybridized carbons (Fsp3) is 0.500. The number of carbonyl (C=O) groups excluding carboxylic acids is 1. The monoisotopic (exact) mass is 330 g/mol. The molecule has 21 heavy (non-hydrogen) atoms. The second kappa shape index (κ2) is 6.34. The molecule has 2 rings (SSSR count). The molecule has 2 unspecified atom stereocenters. The Bertz CT molecular complexity index is 646. The Morgan fingerprint density at radius 3 is 2.71 bits per heavy atom. The van der Waals surface area contributed by atoms with Crippen LogP contribution in [0.15, 0.2) is 23.1 Å². The number of nitrogens with one attached hydrogen (secondary N) is 1. The van der Waals surface area contributed by atoms with E-state index >= 15 is 0 Å². The number of primary sulfonamides is 1. The molecule has 1 aromatic rings. The molecule has 1 aliphatic carbocycles. The van der Waals surface area contributed by atoms with Crippen LogP contribution in [0.3, 0.4) is 0 Å². The third-order valence-corrected chi connectivity index (χ3v) is 5.46. The van der Waals surface area contributed by atoms with Gasteiger partial charge >= 0.3 is 0 Å². The van der Waals surface area contributed by atoms with Gasteiger partial charge in [-0.3, -0.25) is 4.79 Å². The highest BCUT2D eigenvalue weighted by Gasteiger charge is 2.24. The fourth-order valence-electron chi connectivity index (χ4n) is 2.71. The van der Waals surface area contributed by atoms with E-state index in [1.165, 1.54) is 31.0 Å². The summed E-state index contributed by atoms with van der Waals surface area (Å²) in [6.45, 7) is 2.79. The predicted molar refractivity (Wildman–Crippen MR) is 81.7 cm³/mol. The second-order valence-corrected chi connectivity index (χ2v) is 7.51. The van der Waals surface area contributed by atoms with Crippen molar-refractivity contribution in [2.24, 2.45) is 17.0 Å². The zero-order valence-electron chi connectivity index (χ0n) is 11.8. The van der Waals surface area contributed by atoms with Crippen LogP contribution in [0, 0.1) is 11.8 Å². The molecule has 1 aliphatic rings. The van der Waals surface area contributed by atoms with Crippen LogP contribution in [0.4, 0.5) is 0 Å². The Kier molecular flexibility index (Phi) is 4.91. The van der Waals surface area contributed by atoms with Crippen LogP contribution in [0.5, 0.6) is 0 Å². The first-order valence-corrected chi connectivity index (χ1v) is 8.82. The van der Waals surface area contributed by atoms with E-state index in [-0.39, 0.29) is 21.4 Å². The summed E-state index contributed by atoms with van der Waals surface area (Å²) in [5, 5.41) is 7.94. The minimum Gasteiger partial charge on any atom is -0.352 e. The van der Waals surface area contributed by atoms with Gasteiger partial charge in [0, 0.05) is 12.1 Å². The SMILES string of the molecule is CC1CCCC1CNC(=O)c1ccc(Cl)c(S(N)(=O)=O)c1. The zero-order valence-corrected chi connectivity index (χ0v) is 13.4. The van der Waals surface area contributed by atoms with Gasteiger partial charge < -0.3 is 5.32 Å². The first-order chi connectivity index (χ1) is 9.79. The second-order valence-electron chi connectivity index (χ2n) is 5.57. The summed E-state index contributed by atoms with van der Waals surface area (Å²) >= 11 is 5.79. The first-order valence-electron chi connectivity index (χ1n) is 6.89. The highest BCUT2D eigenvalue weighted by molar-refractivity contribution is 7.89. The van der Waals surface area contributed by atoms with E-state index in [0.29, 0.717) is 18.4 Å². The van der Waals surface area contributed by atoms with E-state index in [4.69, 9.17) is 16.7 Å². The molecule has 5 nitrogen and oxygen atoms in total. The molecule has 1 amide bonds. The van der Waals surface area contributed by atoms with E-state index in [9.17, 15) is 13.2 Å². The van der Waals surface area contributed by atoms with Gasteiger partial charge in [0.15, 0.2) is 0 Å². The molecule has 0 aliphatic heterocycles. The summed E-state index contributed by atoms with van der Waals surface area (Å²) in [5.74, 6) is 0.783. The molecule has 116 valence electrons. The quantitative estimate of drug-likeness (QED) is 0.886. The Labute approximate surface area is 129 Å². The van der Waals surface area contributed by atoms with E-state index in [0.717, 1.165) is 6.42 Å². The number of sulfonamides is 1. The maximum atomic E-state index is 12.1. The van der Waals surface area contributed by atoms with Crippen molar-refractivity contribution in [1.29, 1.82) is 0 Å². The summed E-state index contributed by atoms with van der Waals surface area (Å²) in [6, 6.07) is 4.07. The molecule has 0 aromatic heterocycles. The highest BCUT2D eigenvalue weighted by Crippen LogP contribution is 2.30. The lowest BCUT2D eigenvalue weighted by molar-refractivity contribution is 0.0944. The molecular weight excluding hydrogens is 312 g/mol. The molecule has 0 heterocycles. The molecule has 0 saturated heterocycles. The lowest BCUT2D eigenvalue weighted by atomic mass is 9.98. The van der Waals surface area contributed by atoms with Crippen LogP contribution in [-0.2, 0) is 10.0 Å². The van der Waals surface area contributed by atoms with Gasteiger partial charge in [-0.25, -0.2) is 13.6 Å². The number of nitrogens with two attached hydrogens (primary N) is 1. The molecule has 7 heteroatoms. The minimum atomic E-state index is -3.94. The number of hydrogen-bond acceptors (Lipinski definition) is 3. The number of rotatable bonds is 4. The number of halogens is 1. The third-order valence-electron chi connectivity index (χ3n) is 4.06. The van der Waals surface area contributed by atoms with Gasteiger partial charge in [0.2, 0.25) is 10.0 Å². The topological polar surface area (TPSA) is 89.3 Å². The maximum absolute atomic E-state index is 12.1. The van der Waals surface area contributed by atoms with Crippen LogP contribution < -0.4 is 10.5 Å². The summed E-state index contributed by atoms with van der Waals surface area (Å²) in [4.78, 5) is 11.9. The Hall–Kier alpha value is -1.11. The van der Waals surface area contributed by atoms with Crippen molar-refractivity contribution in [3.8, 4) is 0 Å². The molecule has 3 N–H and O–H groups in total. The van der Waals surface area contributed by atoms with Gasteiger partial charge in [0.05, 0.1) is 5.02 Å². The van der Waals surface area contributed by atoms with Crippen molar-refractivity contribution in [3.05, 3.63) is 28.8 Å². The number of hydrogen-bond donors (Lipinski definition) is 2. The van der Waals surface area contributed by atoms with E-state index in [1.807, 2.05) is 0 Å². The molecule has 1 fully saturated rings. The van der Waals surface area contributed by atoms with E-state index in [1.54, 1.807) is 0 Å². The van der Waals surface area contributed by atoms with Gasteiger partial charge in [-0.15, -0.1) is 0 Å². The molecule has 0 spiro atoms. The lowest BCUT2D eigenvalue weighted by Gasteiger charge is -2.16. The van der Waals surface area contributed by atoms with Crippen LogP contribution >= 0.6 is 11.6 Å². The Morgan fingerprint density at radius 1 is 1.43 bits per heavy atom. The van der Waals surface area contributed by atoms with Crippen LogP contribution in [0.1, 0.15) is 36.5 Å². The van der Waals surface area contributed by atoms with Crippen LogP contribution in [0.25, 0.3) is 0 Å². The van der Waals surface area contributed by atoms with Crippen molar-refractivity contribution in [1.82, 2.24) is 5.32 Å². The molecule has 1 aromatic carbocycles. The largest absolute Gasteiger partial charge is 0.352 e. The predicted octanol–water partition coefficient (Wildman–Crippen LogP) is 2.15. The molecule has 2 atom stereocenters. The molecule has 0 radical (unpaired) electrons. The fourth-order valence-corrected chi connectivity index (χ4v) is 3.79. The van der Waals surface area contributed by atoms with Gasteiger partial charge in [-0.05, 0) is 36.5 Å². The maximum Gasteiger partial charge on any atom is 0.251 e. The number of carbonyl (C=O) groups is 1. The third kappa shape index (κ3) is 3.96. The number of amides is 1. The Balaban J connectivity index is 2.09. The van der Waals surface area contributed by atoms with Gasteiger partial charge in [0.1, 0.15) is 4.90 Å². The average molecular weight is 331 g/mol. The number of benzene rings is 1. The average Bonchev–Trinajstić information content (AvgIpc) is 2.80. The van der Waals surface area contributed by atoms with Gasteiger partial charge in [-0.2, -0.15) is 0 Å². The minimum absolute atomic E-state index is 0.0125. The Morgan fingerprint density at radius 2 is 2.14 bits per heavy atom. The van der Waals surface area contributed by atoms with E-state index in [2.05, 4.69) is 12.2 Å². The van der Waals surface area contributed by atoms with Crippen molar-refractivity contribution in [2.75, 3.05) is 6.54 Å². The standard InChI is InChI=1S/C14H19ClN2O3S/c1-9-3-2-4-11(9)8-17-14(18)10-5-6-12(15)13(7-10)21(16,19)20/h5-7,9,11H,2-4,8H2,1H3,(H,17,18)(H2,16,19,20). The van der Waals surface area contributed by atoms with Crippen LogP contribution in [0.2, 0.25) is 5.02 Å². The normalized spacial score (nSPS) is 22.2. The first kappa shape index (κ1) is 16.3.